The first-order chi connectivity index (χ1) is 18.4. The highest BCUT2D eigenvalue weighted by atomic mass is 16.4. The second-order valence-corrected chi connectivity index (χ2v) is 9.24. The second kappa shape index (κ2) is 14.8. The summed E-state index contributed by atoms with van der Waals surface area (Å²) in [6, 6.07) is 1.53. The number of aliphatic hydroxyl groups excluding tert-OH is 1. The van der Waals surface area contributed by atoms with Crippen LogP contribution in [0.5, 0.6) is 0 Å². The van der Waals surface area contributed by atoms with Crippen LogP contribution < -0.4 is 27.4 Å². The van der Waals surface area contributed by atoms with Gasteiger partial charge in [-0.3, -0.25) is 19.2 Å². The molecule has 39 heavy (non-hydrogen) atoms. The average Bonchev–Trinajstić information content (AvgIpc) is 3.28. The van der Waals surface area contributed by atoms with Gasteiger partial charge < -0.3 is 47.7 Å². The van der Waals surface area contributed by atoms with Crippen molar-refractivity contribution < 1.29 is 39.3 Å². The van der Waals surface area contributed by atoms with Crippen molar-refractivity contribution in [3.8, 4) is 0 Å². The largest absolute Gasteiger partial charge is 0.481 e. The fourth-order valence-corrected chi connectivity index (χ4v) is 3.94. The summed E-state index contributed by atoms with van der Waals surface area (Å²) in [5.41, 5.74) is 12.6. The van der Waals surface area contributed by atoms with E-state index in [4.69, 9.17) is 11.5 Å². The van der Waals surface area contributed by atoms with Crippen LogP contribution in [0, 0.1) is 0 Å². The molecule has 0 saturated heterocycles. The van der Waals surface area contributed by atoms with Gasteiger partial charge in [0.25, 0.3) is 0 Å². The first kappa shape index (κ1) is 31.2. The smallest absolute Gasteiger partial charge is 0.326 e. The maximum Gasteiger partial charge on any atom is 0.326 e. The normalized spacial score (nSPS) is 15.0. The van der Waals surface area contributed by atoms with Crippen LogP contribution in [-0.4, -0.2) is 86.8 Å². The van der Waals surface area contributed by atoms with Gasteiger partial charge in [-0.2, -0.15) is 0 Å². The summed E-state index contributed by atoms with van der Waals surface area (Å²) in [6.45, 7) is 1.60. The van der Waals surface area contributed by atoms with Gasteiger partial charge in [-0.25, -0.2) is 4.79 Å². The van der Waals surface area contributed by atoms with E-state index in [1.165, 1.54) is 6.92 Å². The molecule has 0 aliphatic heterocycles. The Kier molecular flexibility index (Phi) is 11.8. The third kappa shape index (κ3) is 9.35. The SMILES string of the molecule is CC(O)C(NC(=O)C(CC(=O)O)NC(=O)C(N)CCCCN)C(=O)NC(Cc1c[nH]c2ccccc12)C(=O)O. The lowest BCUT2D eigenvalue weighted by atomic mass is 10.0. The lowest BCUT2D eigenvalue weighted by Crippen LogP contribution is -2.60. The zero-order valence-corrected chi connectivity index (χ0v) is 21.6. The number of aliphatic hydroxyl groups is 1. The molecule has 1 aromatic carbocycles. The number of nitrogens with two attached hydrogens (primary N) is 2. The molecule has 14 nitrogen and oxygen atoms in total. The van der Waals surface area contributed by atoms with Crippen molar-refractivity contribution in [1.29, 1.82) is 0 Å². The molecular weight excluding hydrogens is 512 g/mol. The number of H-pyrrole nitrogens is 1. The van der Waals surface area contributed by atoms with Crippen molar-refractivity contribution in [1.82, 2.24) is 20.9 Å². The van der Waals surface area contributed by atoms with E-state index in [9.17, 15) is 39.3 Å². The van der Waals surface area contributed by atoms with Crippen LogP contribution in [0.1, 0.15) is 38.2 Å². The topological polar surface area (TPSA) is 250 Å². The van der Waals surface area contributed by atoms with Gasteiger partial charge >= 0.3 is 11.9 Å². The Bertz CT molecular complexity index is 1170. The van der Waals surface area contributed by atoms with E-state index >= 15 is 0 Å². The van der Waals surface area contributed by atoms with Crippen molar-refractivity contribution in [2.45, 2.75) is 69.3 Å². The summed E-state index contributed by atoms with van der Waals surface area (Å²) < 4.78 is 0. The Balaban J connectivity index is 2.12. The van der Waals surface area contributed by atoms with E-state index in [0.717, 1.165) is 10.9 Å². The first-order valence-corrected chi connectivity index (χ1v) is 12.5. The third-order valence-corrected chi connectivity index (χ3v) is 6.09. The van der Waals surface area contributed by atoms with Gasteiger partial charge in [0.05, 0.1) is 18.6 Å². The third-order valence-electron chi connectivity index (χ3n) is 6.09. The number of para-hydroxylation sites is 1. The van der Waals surface area contributed by atoms with Gasteiger partial charge in [0.15, 0.2) is 0 Å². The van der Waals surface area contributed by atoms with E-state index < -0.39 is 66.4 Å². The summed E-state index contributed by atoms with van der Waals surface area (Å²) in [6.07, 6.45) is 0.662. The van der Waals surface area contributed by atoms with Crippen molar-refractivity contribution in [3.63, 3.8) is 0 Å². The molecule has 3 amide bonds. The van der Waals surface area contributed by atoms with Crippen LogP contribution in [0.4, 0.5) is 0 Å². The predicted octanol–water partition coefficient (Wildman–Crippen LogP) is -1.44. The number of rotatable bonds is 16. The molecule has 0 bridgehead atoms. The average molecular weight is 549 g/mol. The van der Waals surface area contributed by atoms with E-state index in [0.29, 0.717) is 24.9 Å². The molecule has 5 unspecified atom stereocenters. The van der Waals surface area contributed by atoms with E-state index in [-0.39, 0.29) is 12.8 Å². The number of unbranched alkanes of at least 4 members (excludes halogenated alkanes) is 1. The van der Waals surface area contributed by atoms with Crippen molar-refractivity contribution >= 4 is 40.6 Å². The molecule has 11 N–H and O–H groups in total. The lowest BCUT2D eigenvalue weighted by Gasteiger charge is -2.26. The molecule has 5 atom stereocenters. The Morgan fingerprint density at radius 2 is 1.62 bits per heavy atom. The number of carbonyl (C=O) groups excluding carboxylic acids is 3. The molecule has 0 radical (unpaired) electrons. The molecule has 0 aliphatic carbocycles. The number of carboxylic acid groups (broad SMARTS) is 2. The van der Waals surface area contributed by atoms with Crippen LogP contribution >= 0.6 is 0 Å². The van der Waals surface area contributed by atoms with Gasteiger partial charge in [-0.15, -0.1) is 0 Å². The molecule has 14 heteroatoms. The fourth-order valence-electron chi connectivity index (χ4n) is 3.94. The molecule has 1 heterocycles. The summed E-state index contributed by atoms with van der Waals surface area (Å²) in [7, 11) is 0. The van der Waals surface area contributed by atoms with Gasteiger partial charge in [0.1, 0.15) is 18.1 Å². The second-order valence-electron chi connectivity index (χ2n) is 9.24. The quantitative estimate of drug-likeness (QED) is 0.110. The molecule has 0 spiro atoms. The maximum absolute atomic E-state index is 13.0. The van der Waals surface area contributed by atoms with Crippen molar-refractivity contribution in [2.24, 2.45) is 11.5 Å². The Labute approximate surface area is 224 Å². The van der Waals surface area contributed by atoms with E-state index in [1.807, 2.05) is 12.1 Å². The monoisotopic (exact) mass is 548 g/mol. The highest BCUT2D eigenvalue weighted by Crippen LogP contribution is 2.19. The lowest BCUT2D eigenvalue weighted by molar-refractivity contribution is -0.144. The number of carbonyl (C=O) groups is 5. The van der Waals surface area contributed by atoms with Crippen molar-refractivity contribution in [3.05, 3.63) is 36.0 Å². The number of fused-ring (bicyclic) bond motifs is 1. The summed E-state index contributed by atoms with van der Waals surface area (Å²) >= 11 is 0. The molecule has 2 rings (SSSR count). The standard InChI is InChI=1S/C25H36N6O8/c1-13(32)21(31-23(36)18(11-20(33)34)29-22(35)16(27)7-4-5-9-26)24(37)30-19(25(38)39)10-14-12-28-17-8-3-2-6-15(14)17/h2-3,6,8,12-13,16,18-19,21,28,32H,4-5,7,9-11,26-27H2,1H3,(H,29,35)(H,30,37)(H,31,36)(H,33,34)(H,38,39). The van der Waals surface area contributed by atoms with Crippen molar-refractivity contribution in [2.75, 3.05) is 6.54 Å². The molecule has 0 fully saturated rings. The Hall–Kier alpha value is -4.01. The Morgan fingerprint density at radius 3 is 2.23 bits per heavy atom. The van der Waals surface area contributed by atoms with Crippen LogP contribution in [0.25, 0.3) is 10.9 Å². The van der Waals surface area contributed by atoms with Crippen LogP contribution in [-0.2, 0) is 30.4 Å². The zero-order chi connectivity index (χ0) is 29.1. The number of aliphatic carboxylic acids is 2. The number of hydrogen-bond acceptors (Lipinski definition) is 8. The van der Waals surface area contributed by atoms with E-state index in [1.54, 1.807) is 18.3 Å². The van der Waals surface area contributed by atoms with E-state index in [2.05, 4.69) is 20.9 Å². The number of hydrogen-bond donors (Lipinski definition) is 9. The number of nitrogens with one attached hydrogen (secondary N) is 4. The summed E-state index contributed by atoms with van der Waals surface area (Å²) in [4.78, 5) is 64.5. The van der Waals surface area contributed by atoms with Crippen LogP contribution in [0.3, 0.4) is 0 Å². The van der Waals surface area contributed by atoms with Crippen LogP contribution in [0.2, 0.25) is 0 Å². The predicted molar refractivity (Wildman–Crippen MR) is 140 cm³/mol. The van der Waals surface area contributed by atoms with Gasteiger partial charge in [-0.1, -0.05) is 24.6 Å². The molecular formula is C25H36N6O8. The molecule has 1 aromatic heterocycles. The maximum atomic E-state index is 13.0. The highest BCUT2D eigenvalue weighted by molar-refractivity contribution is 5.96. The molecule has 0 saturated carbocycles. The fraction of sp³-hybridized carbons (Fsp3) is 0.480. The van der Waals surface area contributed by atoms with Crippen LogP contribution in [0.15, 0.2) is 30.5 Å². The van der Waals surface area contributed by atoms with Gasteiger partial charge in [0, 0.05) is 23.5 Å². The first-order valence-electron chi connectivity index (χ1n) is 12.5. The minimum absolute atomic E-state index is 0.0920. The molecule has 2 aromatic rings. The Morgan fingerprint density at radius 1 is 0.949 bits per heavy atom. The number of carboxylic acids is 2. The van der Waals surface area contributed by atoms with Gasteiger partial charge in [0.2, 0.25) is 17.7 Å². The number of aromatic amines is 1. The van der Waals surface area contributed by atoms with Gasteiger partial charge in [-0.05, 0) is 37.9 Å². The summed E-state index contributed by atoms with van der Waals surface area (Å²) in [5, 5.41) is 36.7. The zero-order valence-electron chi connectivity index (χ0n) is 21.6. The highest BCUT2D eigenvalue weighted by Gasteiger charge is 2.33. The minimum atomic E-state index is -1.64. The number of aromatic nitrogens is 1. The summed E-state index contributed by atoms with van der Waals surface area (Å²) in [5.74, 6) is -5.59. The molecule has 0 aliphatic rings. The molecule has 214 valence electrons. The number of amides is 3. The minimum Gasteiger partial charge on any atom is -0.481 e. The number of benzene rings is 1.